The van der Waals surface area contributed by atoms with Gasteiger partial charge in [-0.15, -0.1) is 6.58 Å². The van der Waals surface area contributed by atoms with E-state index in [1.807, 2.05) is 6.07 Å². The highest BCUT2D eigenvalue weighted by molar-refractivity contribution is 5.89. The molecule has 0 amide bonds. The van der Waals surface area contributed by atoms with Gasteiger partial charge in [-0.3, -0.25) is 4.79 Å². The normalized spacial score (nSPS) is 19.2. The Morgan fingerprint density at radius 2 is 2.13 bits per heavy atom. The number of pyridine rings is 2. The number of aromatic nitrogens is 2. The van der Waals surface area contributed by atoms with Crippen molar-refractivity contribution in [3.63, 3.8) is 0 Å². The average molecular weight is 404 g/mol. The van der Waals surface area contributed by atoms with E-state index in [1.54, 1.807) is 35.8 Å². The third-order valence-corrected chi connectivity index (χ3v) is 6.13. The van der Waals surface area contributed by atoms with Crippen molar-refractivity contribution in [3.8, 4) is 17.1 Å². The van der Waals surface area contributed by atoms with Crippen molar-refractivity contribution in [2.45, 2.75) is 38.5 Å². The number of carbonyl (C=O) groups excluding carboxylic acids is 1. The van der Waals surface area contributed by atoms with Crippen LogP contribution in [0.4, 0.5) is 0 Å². The first-order valence-electron chi connectivity index (χ1n) is 9.81. The lowest BCUT2D eigenvalue weighted by Crippen LogP contribution is -2.44. The van der Waals surface area contributed by atoms with E-state index in [0.29, 0.717) is 41.0 Å². The third kappa shape index (κ3) is 2.32. The number of aromatic hydroxyl groups is 1. The summed E-state index contributed by atoms with van der Waals surface area (Å²) in [4.78, 5) is 30.2. The Balaban J connectivity index is 1.77. The molecule has 2 N–H and O–H groups in total. The minimum absolute atomic E-state index is 0.101. The van der Waals surface area contributed by atoms with Gasteiger partial charge in [0.15, 0.2) is 5.60 Å². The Kier molecular flexibility index (Phi) is 3.88. The molecule has 4 heterocycles. The highest BCUT2D eigenvalue weighted by Gasteiger charge is 2.45. The van der Waals surface area contributed by atoms with Crippen LogP contribution in [0.25, 0.3) is 22.3 Å². The van der Waals surface area contributed by atoms with Gasteiger partial charge >= 0.3 is 5.97 Å². The van der Waals surface area contributed by atoms with Gasteiger partial charge in [-0.25, -0.2) is 9.78 Å². The molecule has 7 heteroatoms. The molecular formula is C23H20N2O5. The SMILES string of the molecule is C=CCc1c(O)ccc2nc3c(cc12)Cn1c-3cc2c(c1=O)COC(=O)C2(O)CC. The van der Waals surface area contributed by atoms with E-state index in [2.05, 4.69) is 6.58 Å². The molecule has 1 unspecified atom stereocenters. The summed E-state index contributed by atoms with van der Waals surface area (Å²) in [6, 6.07) is 6.96. The molecule has 2 aromatic heterocycles. The maximum absolute atomic E-state index is 13.2. The topological polar surface area (TPSA) is 102 Å². The molecule has 0 saturated heterocycles. The van der Waals surface area contributed by atoms with E-state index in [-0.39, 0.29) is 24.3 Å². The van der Waals surface area contributed by atoms with Gasteiger partial charge in [-0.05, 0) is 37.1 Å². The van der Waals surface area contributed by atoms with Crippen molar-refractivity contribution >= 4 is 16.9 Å². The number of nitrogens with zero attached hydrogens (tertiary/aromatic N) is 2. The maximum atomic E-state index is 13.2. The summed E-state index contributed by atoms with van der Waals surface area (Å²) in [5, 5.41) is 22.0. The molecular weight excluding hydrogens is 384 g/mol. The molecule has 2 aliphatic heterocycles. The minimum Gasteiger partial charge on any atom is -0.508 e. The van der Waals surface area contributed by atoms with E-state index < -0.39 is 11.6 Å². The van der Waals surface area contributed by atoms with Gasteiger partial charge in [0.2, 0.25) is 0 Å². The molecule has 30 heavy (non-hydrogen) atoms. The summed E-state index contributed by atoms with van der Waals surface area (Å²) in [5.41, 5.74) is 1.92. The lowest BCUT2D eigenvalue weighted by Gasteiger charge is -2.31. The van der Waals surface area contributed by atoms with Gasteiger partial charge in [-0.2, -0.15) is 0 Å². The number of carbonyl (C=O) groups is 1. The smallest absolute Gasteiger partial charge is 0.343 e. The van der Waals surface area contributed by atoms with E-state index in [9.17, 15) is 19.8 Å². The molecule has 152 valence electrons. The van der Waals surface area contributed by atoms with Crippen LogP contribution >= 0.6 is 0 Å². The minimum atomic E-state index is -1.84. The molecule has 7 nitrogen and oxygen atoms in total. The average Bonchev–Trinajstić information content (AvgIpc) is 3.10. The quantitative estimate of drug-likeness (QED) is 0.402. The fraction of sp³-hybridized carbons (Fsp3) is 0.261. The number of esters is 1. The van der Waals surface area contributed by atoms with E-state index in [1.165, 1.54) is 0 Å². The Morgan fingerprint density at radius 1 is 1.33 bits per heavy atom. The van der Waals surface area contributed by atoms with Crippen LogP contribution in [0.15, 0.2) is 41.7 Å². The number of phenolic OH excluding ortho intramolecular Hbond substituents is 1. The van der Waals surface area contributed by atoms with Crippen LogP contribution in [-0.4, -0.2) is 25.7 Å². The number of benzene rings is 1. The molecule has 1 aromatic carbocycles. The molecule has 5 rings (SSSR count). The van der Waals surface area contributed by atoms with Crippen LogP contribution in [0, 0.1) is 0 Å². The van der Waals surface area contributed by atoms with Crippen molar-refractivity contribution in [1.82, 2.24) is 9.55 Å². The van der Waals surface area contributed by atoms with Crippen molar-refractivity contribution in [3.05, 3.63) is 69.5 Å². The summed E-state index contributed by atoms with van der Waals surface area (Å²) in [6.45, 7) is 5.59. The molecule has 0 bridgehead atoms. The first kappa shape index (κ1) is 18.6. The number of hydrogen-bond donors (Lipinski definition) is 2. The summed E-state index contributed by atoms with van der Waals surface area (Å²) in [6.07, 6.45) is 2.31. The van der Waals surface area contributed by atoms with Crippen LogP contribution in [0.3, 0.4) is 0 Å². The highest BCUT2D eigenvalue weighted by Crippen LogP contribution is 2.39. The molecule has 0 fully saturated rings. The molecule has 3 aromatic rings. The first-order chi connectivity index (χ1) is 14.4. The monoisotopic (exact) mass is 404 g/mol. The fourth-order valence-electron chi connectivity index (χ4n) is 4.46. The van der Waals surface area contributed by atoms with Gasteiger partial charge in [0.1, 0.15) is 12.4 Å². The zero-order valence-corrected chi connectivity index (χ0v) is 16.4. The Bertz CT molecular complexity index is 1320. The van der Waals surface area contributed by atoms with Crippen molar-refractivity contribution in [2.75, 3.05) is 0 Å². The predicted molar refractivity (Wildman–Crippen MR) is 110 cm³/mol. The molecule has 1 atom stereocenters. The maximum Gasteiger partial charge on any atom is 0.343 e. The van der Waals surface area contributed by atoms with E-state index in [0.717, 1.165) is 16.5 Å². The third-order valence-electron chi connectivity index (χ3n) is 6.13. The van der Waals surface area contributed by atoms with Gasteiger partial charge in [0.25, 0.3) is 5.56 Å². The zero-order valence-electron chi connectivity index (χ0n) is 16.4. The second kappa shape index (κ2) is 6.27. The second-order valence-corrected chi connectivity index (χ2v) is 7.72. The van der Waals surface area contributed by atoms with Crippen LogP contribution < -0.4 is 5.56 Å². The van der Waals surface area contributed by atoms with Crippen LogP contribution in [0.1, 0.15) is 35.6 Å². The Labute approximate surface area is 171 Å². The van der Waals surface area contributed by atoms with Crippen molar-refractivity contribution in [1.29, 1.82) is 0 Å². The van der Waals surface area contributed by atoms with Gasteiger partial charge in [-0.1, -0.05) is 13.0 Å². The molecule has 0 aliphatic carbocycles. The second-order valence-electron chi connectivity index (χ2n) is 7.72. The molecule has 0 saturated carbocycles. The molecule has 0 radical (unpaired) electrons. The number of aliphatic hydroxyl groups is 1. The van der Waals surface area contributed by atoms with E-state index in [4.69, 9.17) is 9.72 Å². The number of hydrogen-bond acceptors (Lipinski definition) is 6. The molecule has 2 aliphatic rings. The van der Waals surface area contributed by atoms with Gasteiger partial charge < -0.3 is 19.5 Å². The number of cyclic esters (lactones) is 1. The Morgan fingerprint density at radius 3 is 2.87 bits per heavy atom. The number of allylic oxidation sites excluding steroid dienone is 1. The number of phenols is 1. The van der Waals surface area contributed by atoms with Gasteiger partial charge in [0, 0.05) is 22.1 Å². The standard InChI is InChI=1S/C23H20N2O5/c1-3-5-13-14-8-12-10-25-18(20(12)24-17(14)6-7-19(13)26)9-16-15(21(25)27)11-30-22(28)23(16,29)4-2/h3,6-9,26,29H,1,4-5,10-11H2,2H3. The first-order valence-corrected chi connectivity index (χ1v) is 9.81. The van der Waals surface area contributed by atoms with Crippen LogP contribution in [0.2, 0.25) is 0 Å². The Hall–Kier alpha value is -3.45. The largest absolute Gasteiger partial charge is 0.508 e. The van der Waals surface area contributed by atoms with Gasteiger partial charge in [0.05, 0.1) is 29.0 Å². The molecule has 0 spiro atoms. The van der Waals surface area contributed by atoms with Crippen LogP contribution in [0.5, 0.6) is 5.75 Å². The lowest BCUT2D eigenvalue weighted by molar-refractivity contribution is -0.172. The summed E-state index contributed by atoms with van der Waals surface area (Å²) >= 11 is 0. The lowest BCUT2D eigenvalue weighted by atomic mass is 9.86. The summed E-state index contributed by atoms with van der Waals surface area (Å²) in [7, 11) is 0. The summed E-state index contributed by atoms with van der Waals surface area (Å²) in [5.74, 6) is -0.563. The van der Waals surface area contributed by atoms with Crippen LogP contribution in [-0.2, 0) is 34.7 Å². The summed E-state index contributed by atoms with van der Waals surface area (Å²) < 4.78 is 6.69. The predicted octanol–water partition coefficient (Wildman–Crippen LogP) is 2.51. The van der Waals surface area contributed by atoms with E-state index >= 15 is 0 Å². The fourth-order valence-corrected chi connectivity index (χ4v) is 4.46. The highest BCUT2D eigenvalue weighted by atomic mass is 16.6. The number of ether oxygens (including phenoxy) is 1. The van der Waals surface area contributed by atoms with Crippen molar-refractivity contribution in [2.24, 2.45) is 0 Å². The van der Waals surface area contributed by atoms with Crippen molar-refractivity contribution < 1.29 is 19.7 Å². The zero-order chi connectivity index (χ0) is 21.2. The number of fused-ring (bicyclic) bond motifs is 5. The number of rotatable bonds is 3.